The van der Waals surface area contributed by atoms with Crippen LogP contribution in [0.3, 0.4) is 0 Å². The molecule has 0 unspecified atom stereocenters. The second-order valence-corrected chi connectivity index (χ2v) is 9.00. The first-order chi connectivity index (χ1) is 14.2. The van der Waals surface area contributed by atoms with Gasteiger partial charge in [-0.25, -0.2) is 4.79 Å². The van der Waals surface area contributed by atoms with Crippen LogP contribution >= 0.6 is 0 Å². The summed E-state index contributed by atoms with van der Waals surface area (Å²) in [6, 6.07) is 16.6. The molecule has 2 aromatic carbocycles. The van der Waals surface area contributed by atoms with Crippen LogP contribution in [-0.4, -0.2) is 56.6 Å². The molecule has 6 nitrogen and oxygen atoms in total. The molecule has 3 rings (SSSR count). The zero-order valence-corrected chi connectivity index (χ0v) is 17.8. The highest BCUT2D eigenvalue weighted by molar-refractivity contribution is 5.66. The Balaban J connectivity index is 1.79. The van der Waals surface area contributed by atoms with E-state index >= 15 is 0 Å². The third-order valence-electron chi connectivity index (χ3n) is 5.74. The summed E-state index contributed by atoms with van der Waals surface area (Å²) in [5.74, 6) is 0. The van der Waals surface area contributed by atoms with E-state index in [4.69, 9.17) is 0 Å². The molecule has 4 atom stereocenters. The summed E-state index contributed by atoms with van der Waals surface area (Å²) < 4.78 is 0. The molecule has 1 aliphatic carbocycles. The number of hydrogen-bond acceptors (Lipinski definition) is 4. The van der Waals surface area contributed by atoms with Crippen molar-refractivity contribution >= 4 is 6.09 Å². The largest absolute Gasteiger partial charge is 0.465 e. The summed E-state index contributed by atoms with van der Waals surface area (Å²) in [6.45, 7) is 5.66. The summed E-state index contributed by atoms with van der Waals surface area (Å²) in [5, 5.41) is 34.8. The Morgan fingerprint density at radius 2 is 1.77 bits per heavy atom. The van der Waals surface area contributed by atoms with Crippen LogP contribution in [0.4, 0.5) is 4.79 Å². The van der Waals surface area contributed by atoms with Crippen LogP contribution < -0.4 is 5.32 Å². The van der Waals surface area contributed by atoms with E-state index in [1.807, 2.05) is 75.4 Å². The molecule has 30 heavy (non-hydrogen) atoms. The van der Waals surface area contributed by atoms with Crippen LogP contribution in [0.1, 0.15) is 43.5 Å². The Bertz CT molecular complexity index is 850. The van der Waals surface area contributed by atoms with Crippen molar-refractivity contribution < 1.29 is 20.1 Å². The maximum absolute atomic E-state index is 12.1. The molecule has 2 aromatic rings. The van der Waals surface area contributed by atoms with E-state index in [-0.39, 0.29) is 12.6 Å². The Hall–Kier alpha value is -2.41. The third kappa shape index (κ3) is 5.01. The molecule has 0 heterocycles. The van der Waals surface area contributed by atoms with Gasteiger partial charge in [0.1, 0.15) is 0 Å². The average Bonchev–Trinajstić information content (AvgIpc) is 3.00. The van der Waals surface area contributed by atoms with Crippen molar-refractivity contribution in [3.8, 4) is 0 Å². The van der Waals surface area contributed by atoms with Crippen LogP contribution in [0.15, 0.2) is 54.6 Å². The smallest absolute Gasteiger partial charge is 0.408 e. The average molecular weight is 413 g/mol. The van der Waals surface area contributed by atoms with E-state index in [9.17, 15) is 20.1 Å². The fourth-order valence-electron chi connectivity index (χ4n) is 4.38. The Morgan fingerprint density at radius 1 is 1.13 bits per heavy atom. The molecule has 0 saturated heterocycles. The van der Waals surface area contributed by atoms with Gasteiger partial charge in [0.25, 0.3) is 0 Å². The van der Waals surface area contributed by atoms with Crippen molar-refractivity contribution in [1.29, 1.82) is 0 Å². The number of aliphatic hydroxyl groups is 2. The topological polar surface area (TPSA) is 93.0 Å². The van der Waals surface area contributed by atoms with E-state index in [2.05, 4.69) is 5.32 Å². The number of nitrogens with one attached hydrogen (secondary N) is 1. The number of fused-ring (bicyclic) bond motifs is 1. The summed E-state index contributed by atoms with van der Waals surface area (Å²) in [6.07, 6.45) is -1.60. The van der Waals surface area contributed by atoms with Crippen molar-refractivity contribution in [2.24, 2.45) is 0 Å². The van der Waals surface area contributed by atoms with Gasteiger partial charge in [0.05, 0.1) is 24.3 Å². The maximum Gasteiger partial charge on any atom is 0.408 e. The van der Waals surface area contributed by atoms with Crippen molar-refractivity contribution in [3.05, 3.63) is 71.3 Å². The van der Waals surface area contributed by atoms with Gasteiger partial charge in [0.15, 0.2) is 0 Å². The van der Waals surface area contributed by atoms with E-state index < -0.39 is 29.9 Å². The Labute approximate surface area is 178 Å². The minimum atomic E-state index is -1.06. The summed E-state index contributed by atoms with van der Waals surface area (Å²) in [7, 11) is 0. The number of aliphatic hydroxyl groups excluding tert-OH is 2. The molecular weight excluding hydrogens is 380 g/mol. The molecule has 1 amide bonds. The van der Waals surface area contributed by atoms with Crippen LogP contribution in [0.5, 0.6) is 0 Å². The molecular formula is C24H32N2O4. The van der Waals surface area contributed by atoms with Gasteiger partial charge in [-0.05, 0) is 43.9 Å². The first-order valence-corrected chi connectivity index (χ1v) is 10.4. The number of hydrogen-bond donors (Lipinski definition) is 4. The maximum atomic E-state index is 12.1. The van der Waals surface area contributed by atoms with E-state index in [1.165, 1.54) is 4.90 Å². The molecule has 4 N–H and O–H groups in total. The monoisotopic (exact) mass is 412 g/mol. The second kappa shape index (κ2) is 9.16. The highest BCUT2D eigenvalue weighted by Crippen LogP contribution is 2.31. The zero-order chi connectivity index (χ0) is 21.9. The molecule has 0 spiro atoms. The first-order valence-electron chi connectivity index (χ1n) is 10.4. The number of benzene rings is 2. The molecule has 0 radical (unpaired) electrons. The predicted octanol–water partition coefficient (Wildman–Crippen LogP) is 2.99. The highest BCUT2D eigenvalue weighted by Gasteiger charge is 2.38. The van der Waals surface area contributed by atoms with E-state index in [0.717, 1.165) is 16.7 Å². The summed E-state index contributed by atoms with van der Waals surface area (Å²) >= 11 is 0. The van der Waals surface area contributed by atoms with E-state index in [1.54, 1.807) is 0 Å². The number of rotatable bonds is 7. The van der Waals surface area contributed by atoms with Gasteiger partial charge >= 0.3 is 6.09 Å². The lowest BCUT2D eigenvalue weighted by atomic mass is 9.94. The van der Waals surface area contributed by atoms with Crippen molar-refractivity contribution in [1.82, 2.24) is 10.2 Å². The lowest BCUT2D eigenvalue weighted by molar-refractivity contribution is 0.00479. The molecule has 0 saturated carbocycles. The predicted molar refractivity (Wildman–Crippen MR) is 116 cm³/mol. The Kier molecular flexibility index (Phi) is 6.81. The quantitative estimate of drug-likeness (QED) is 0.561. The fraction of sp³-hybridized carbons (Fsp3) is 0.458. The molecule has 0 bridgehead atoms. The zero-order valence-electron chi connectivity index (χ0n) is 17.8. The van der Waals surface area contributed by atoms with Gasteiger partial charge in [0, 0.05) is 18.5 Å². The second-order valence-electron chi connectivity index (χ2n) is 9.00. The number of amides is 1. The van der Waals surface area contributed by atoms with Crippen molar-refractivity contribution in [2.75, 3.05) is 6.54 Å². The fourth-order valence-corrected chi connectivity index (χ4v) is 4.38. The van der Waals surface area contributed by atoms with Crippen LogP contribution in [-0.2, 0) is 12.8 Å². The number of nitrogens with zero attached hydrogens (tertiary/aromatic N) is 1. The van der Waals surface area contributed by atoms with Crippen molar-refractivity contribution in [3.63, 3.8) is 0 Å². The van der Waals surface area contributed by atoms with Crippen LogP contribution in [0.2, 0.25) is 0 Å². The van der Waals surface area contributed by atoms with Gasteiger partial charge in [-0.2, -0.15) is 0 Å². The lowest BCUT2D eigenvalue weighted by Gasteiger charge is -2.42. The molecule has 1 aliphatic rings. The molecule has 162 valence electrons. The first kappa shape index (κ1) is 22.3. The highest BCUT2D eigenvalue weighted by atomic mass is 16.4. The SMILES string of the molecule is CC(C)(C)N(C(=O)O)[C@@H](Cc1ccccc1)[C@H](O)CN[C@H]1c2ccccc2C[C@H]1O. The summed E-state index contributed by atoms with van der Waals surface area (Å²) in [5.41, 5.74) is 2.41. The molecule has 0 aliphatic heterocycles. The standard InChI is InChI=1S/C24H32N2O4/c1-24(2,3)26(23(29)30)19(13-16-9-5-4-6-10-16)21(28)15-25-22-18-12-8-7-11-17(18)14-20(22)27/h4-12,19-22,25,27-28H,13-15H2,1-3H3,(H,29,30)/t19-,20+,21+,22-/m0/s1. The van der Waals surface area contributed by atoms with E-state index in [0.29, 0.717) is 12.8 Å². The minimum Gasteiger partial charge on any atom is -0.465 e. The van der Waals surface area contributed by atoms with Gasteiger partial charge in [0.2, 0.25) is 0 Å². The van der Waals surface area contributed by atoms with Gasteiger partial charge in [-0.1, -0.05) is 54.6 Å². The van der Waals surface area contributed by atoms with Crippen molar-refractivity contribution in [2.45, 2.75) is 63.4 Å². The normalized spacial score (nSPS) is 20.4. The van der Waals surface area contributed by atoms with Gasteiger partial charge in [-0.3, -0.25) is 4.90 Å². The van der Waals surface area contributed by atoms with Crippen LogP contribution in [0.25, 0.3) is 0 Å². The number of carbonyl (C=O) groups is 1. The molecule has 6 heteroatoms. The lowest BCUT2D eigenvalue weighted by Crippen LogP contribution is -2.58. The van der Waals surface area contributed by atoms with Gasteiger partial charge < -0.3 is 20.6 Å². The molecule has 0 aromatic heterocycles. The third-order valence-corrected chi connectivity index (χ3v) is 5.74. The molecule has 0 fully saturated rings. The minimum absolute atomic E-state index is 0.174. The van der Waals surface area contributed by atoms with Crippen LogP contribution in [0, 0.1) is 0 Å². The summed E-state index contributed by atoms with van der Waals surface area (Å²) in [4.78, 5) is 13.5. The van der Waals surface area contributed by atoms with Gasteiger partial charge in [-0.15, -0.1) is 0 Å². The number of carboxylic acid groups (broad SMARTS) is 1. The Morgan fingerprint density at radius 3 is 2.40 bits per heavy atom.